The maximum absolute atomic E-state index is 6.33. The zero-order chi connectivity index (χ0) is 13.0. The van der Waals surface area contributed by atoms with E-state index in [9.17, 15) is 0 Å². The molecule has 0 heterocycles. The molecule has 0 bridgehead atoms. The van der Waals surface area contributed by atoms with Crippen molar-refractivity contribution in [2.75, 3.05) is 0 Å². The van der Waals surface area contributed by atoms with Crippen molar-refractivity contribution in [2.24, 2.45) is 5.92 Å². The minimum atomic E-state index is 0.351. The molecule has 1 aromatic rings. The average molecular weight is 265 g/mol. The minimum Gasteiger partial charge on any atom is -0.123 e. The molecule has 1 heteroatoms. The van der Waals surface area contributed by atoms with Gasteiger partial charge < -0.3 is 0 Å². The summed E-state index contributed by atoms with van der Waals surface area (Å²) in [5.74, 6) is 1.39. The third-order valence-electron chi connectivity index (χ3n) is 4.25. The quantitative estimate of drug-likeness (QED) is 0.613. The first kappa shape index (κ1) is 13.9. The molecule has 0 saturated carbocycles. The monoisotopic (exact) mass is 264 g/mol. The lowest BCUT2D eigenvalue weighted by molar-refractivity contribution is 0.470. The van der Waals surface area contributed by atoms with Gasteiger partial charge in [0, 0.05) is 5.38 Å². The van der Waals surface area contributed by atoms with Gasteiger partial charge in [0.2, 0.25) is 0 Å². The Morgan fingerprint density at radius 2 is 2.06 bits per heavy atom. The zero-order valence-electron chi connectivity index (χ0n) is 11.7. The smallest absolute Gasteiger partial charge is 0.0359 e. The summed E-state index contributed by atoms with van der Waals surface area (Å²) in [4.78, 5) is 0. The van der Waals surface area contributed by atoms with Gasteiger partial charge in [-0.2, -0.15) is 0 Å². The maximum atomic E-state index is 6.33. The molecule has 0 spiro atoms. The van der Waals surface area contributed by atoms with Crippen LogP contribution in [0.15, 0.2) is 24.3 Å². The van der Waals surface area contributed by atoms with E-state index in [0.29, 0.717) is 11.3 Å². The van der Waals surface area contributed by atoms with E-state index in [2.05, 4.69) is 38.1 Å². The highest BCUT2D eigenvalue weighted by molar-refractivity contribution is 6.20. The normalized spacial score (nSPS) is 20.8. The standard InChI is InChI=1S/C17H25Cl/c1-13(2)17(18)12-6-10-15-9-5-8-14-7-3-4-11-16(14)15/h3-4,7,11,13,15,17H,5-6,8-10,12H2,1-2H3. The van der Waals surface area contributed by atoms with Crippen molar-refractivity contribution < 1.29 is 0 Å². The molecule has 18 heavy (non-hydrogen) atoms. The second-order valence-electron chi connectivity index (χ2n) is 5.98. The van der Waals surface area contributed by atoms with Crippen LogP contribution in [0.3, 0.4) is 0 Å². The number of rotatable bonds is 5. The molecule has 0 aliphatic heterocycles. The molecule has 2 atom stereocenters. The summed E-state index contributed by atoms with van der Waals surface area (Å²) in [6, 6.07) is 9.00. The second-order valence-corrected chi connectivity index (χ2v) is 6.54. The first-order valence-electron chi connectivity index (χ1n) is 7.40. The zero-order valence-corrected chi connectivity index (χ0v) is 12.4. The SMILES string of the molecule is CC(C)C(Cl)CCCC1CCCc2ccccc21. The Balaban J connectivity index is 1.88. The van der Waals surface area contributed by atoms with Crippen molar-refractivity contribution in [3.8, 4) is 0 Å². The lowest BCUT2D eigenvalue weighted by Gasteiger charge is -2.26. The third kappa shape index (κ3) is 3.51. The predicted octanol–water partition coefficient (Wildman–Crippen LogP) is 5.54. The van der Waals surface area contributed by atoms with Gasteiger partial charge in [-0.15, -0.1) is 11.6 Å². The number of aryl methyl sites for hydroxylation is 1. The third-order valence-corrected chi connectivity index (χ3v) is 4.97. The van der Waals surface area contributed by atoms with Gasteiger partial charge in [0.15, 0.2) is 0 Å². The fraction of sp³-hybridized carbons (Fsp3) is 0.647. The fourth-order valence-corrected chi connectivity index (χ4v) is 3.20. The van der Waals surface area contributed by atoms with Crippen molar-refractivity contribution in [3.63, 3.8) is 0 Å². The summed E-state index contributed by atoms with van der Waals surface area (Å²) >= 11 is 6.33. The van der Waals surface area contributed by atoms with E-state index in [1.807, 2.05) is 0 Å². The summed E-state index contributed by atoms with van der Waals surface area (Å²) in [6.07, 6.45) is 7.74. The Bertz CT molecular complexity index is 370. The van der Waals surface area contributed by atoms with Gasteiger partial charge in [-0.25, -0.2) is 0 Å². The molecular weight excluding hydrogens is 240 g/mol. The number of benzene rings is 1. The molecule has 0 amide bonds. The van der Waals surface area contributed by atoms with Crippen molar-refractivity contribution >= 4 is 11.6 Å². The Labute approximate surface area is 117 Å². The summed E-state index contributed by atoms with van der Waals surface area (Å²) in [6.45, 7) is 4.43. The number of halogens is 1. The van der Waals surface area contributed by atoms with Crippen LogP contribution in [0.5, 0.6) is 0 Å². The number of alkyl halides is 1. The van der Waals surface area contributed by atoms with Gasteiger partial charge >= 0.3 is 0 Å². The van der Waals surface area contributed by atoms with Gasteiger partial charge in [0.1, 0.15) is 0 Å². The summed E-state index contributed by atoms with van der Waals surface area (Å²) in [5.41, 5.74) is 3.19. The molecule has 2 unspecified atom stereocenters. The first-order chi connectivity index (χ1) is 8.68. The Kier molecular flexibility index (Phi) is 5.12. The maximum Gasteiger partial charge on any atom is 0.0359 e. The number of fused-ring (bicyclic) bond motifs is 1. The molecule has 0 N–H and O–H groups in total. The van der Waals surface area contributed by atoms with Crippen molar-refractivity contribution in [3.05, 3.63) is 35.4 Å². The van der Waals surface area contributed by atoms with Crippen LogP contribution in [0.4, 0.5) is 0 Å². The molecule has 100 valence electrons. The molecule has 0 radical (unpaired) electrons. The molecule has 2 rings (SSSR count). The molecule has 0 aromatic heterocycles. The van der Waals surface area contributed by atoms with E-state index in [1.54, 1.807) is 11.1 Å². The van der Waals surface area contributed by atoms with Crippen molar-refractivity contribution in [2.45, 2.75) is 63.7 Å². The van der Waals surface area contributed by atoms with Crippen LogP contribution < -0.4 is 0 Å². The highest BCUT2D eigenvalue weighted by atomic mass is 35.5. The van der Waals surface area contributed by atoms with Gasteiger partial charge in [-0.1, -0.05) is 44.5 Å². The largest absolute Gasteiger partial charge is 0.123 e. The number of hydrogen-bond donors (Lipinski definition) is 0. The van der Waals surface area contributed by atoms with Gasteiger partial charge in [-0.3, -0.25) is 0 Å². The van der Waals surface area contributed by atoms with Crippen LogP contribution in [0.1, 0.15) is 63.0 Å². The Hall–Kier alpha value is -0.490. The van der Waals surface area contributed by atoms with E-state index in [1.165, 1.54) is 32.1 Å². The predicted molar refractivity (Wildman–Crippen MR) is 80.5 cm³/mol. The summed E-state index contributed by atoms with van der Waals surface area (Å²) in [7, 11) is 0. The molecule has 1 aliphatic rings. The Morgan fingerprint density at radius 3 is 2.83 bits per heavy atom. The number of hydrogen-bond acceptors (Lipinski definition) is 0. The molecule has 1 aromatic carbocycles. The average Bonchev–Trinajstić information content (AvgIpc) is 2.38. The van der Waals surface area contributed by atoms with E-state index in [4.69, 9.17) is 11.6 Å². The lowest BCUT2D eigenvalue weighted by Crippen LogP contribution is -2.12. The Morgan fingerprint density at radius 1 is 1.28 bits per heavy atom. The van der Waals surface area contributed by atoms with Crippen molar-refractivity contribution in [1.82, 2.24) is 0 Å². The van der Waals surface area contributed by atoms with Gasteiger partial charge in [0.05, 0.1) is 0 Å². The highest BCUT2D eigenvalue weighted by Crippen LogP contribution is 2.35. The lowest BCUT2D eigenvalue weighted by atomic mass is 9.80. The van der Waals surface area contributed by atoms with Crippen molar-refractivity contribution in [1.29, 1.82) is 0 Å². The van der Waals surface area contributed by atoms with Crippen LogP contribution in [0, 0.1) is 5.92 Å². The van der Waals surface area contributed by atoms with E-state index in [-0.39, 0.29) is 0 Å². The topological polar surface area (TPSA) is 0 Å². The van der Waals surface area contributed by atoms with Gasteiger partial charge in [-0.05, 0) is 55.1 Å². The summed E-state index contributed by atoms with van der Waals surface area (Å²) < 4.78 is 0. The molecule has 0 saturated heterocycles. The molecule has 0 fully saturated rings. The van der Waals surface area contributed by atoms with E-state index >= 15 is 0 Å². The van der Waals surface area contributed by atoms with Crippen LogP contribution in [-0.4, -0.2) is 5.38 Å². The van der Waals surface area contributed by atoms with Crippen LogP contribution in [-0.2, 0) is 6.42 Å². The fourth-order valence-electron chi connectivity index (χ4n) is 3.05. The molecule has 1 aliphatic carbocycles. The highest BCUT2D eigenvalue weighted by Gasteiger charge is 2.19. The van der Waals surface area contributed by atoms with Crippen LogP contribution in [0.25, 0.3) is 0 Å². The van der Waals surface area contributed by atoms with E-state index in [0.717, 1.165) is 12.3 Å². The van der Waals surface area contributed by atoms with E-state index < -0.39 is 0 Å². The molecule has 0 nitrogen and oxygen atoms in total. The minimum absolute atomic E-state index is 0.351. The van der Waals surface area contributed by atoms with Gasteiger partial charge in [0.25, 0.3) is 0 Å². The molecular formula is C17H25Cl. The summed E-state index contributed by atoms with van der Waals surface area (Å²) in [5, 5.41) is 0.351. The second kappa shape index (κ2) is 6.61. The van der Waals surface area contributed by atoms with Crippen LogP contribution >= 0.6 is 11.6 Å². The first-order valence-corrected chi connectivity index (χ1v) is 7.84. The van der Waals surface area contributed by atoms with Crippen LogP contribution in [0.2, 0.25) is 0 Å².